The standard InChI is InChI=1S/C19H34N4O/c1-4-6-15-23(3)16-14-22-19(20-5-2)21-13-12-18(24)17-10-8-7-9-11-17/h7-11,18,24H,4-6,12-16H2,1-3H3,(H2,20,21,22). The number of likely N-dealkylation sites (N-methyl/N-ethyl adjacent to an activating group) is 1. The van der Waals surface area contributed by atoms with E-state index in [1.807, 2.05) is 30.3 Å². The van der Waals surface area contributed by atoms with Gasteiger partial charge in [0.05, 0.1) is 6.10 Å². The van der Waals surface area contributed by atoms with Gasteiger partial charge in [0, 0.05) is 26.2 Å². The molecule has 0 aliphatic carbocycles. The van der Waals surface area contributed by atoms with Crippen molar-refractivity contribution < 1.29 is 5.11 Å². The van der Waals surface area contributed by atoms with Gasteiger partial charge in [0.1, 0.15) is 0 Å². The number of aliphatic hydroxyl groups excluding tert-OH is 1. The molecule has 0 fully saturated rings. The van der Waals surface area contributed by atoms with Crippen molar-refractivity contribution in [1.29, 1.82) is 0 Å². The molecule has 0 saturated carbocycles. The highest BCUT2D eigenvalue weighted by molar-refractivity contribution is 5.79. The molecule has 0 saturated heterocycles. The second-order valence-electron chi connectivity index (χ2n) is 6.06. The highest BCUT2D eigenvalue weighted by Gasteiger charge is 2.06. The van der Waals surface area contributed by atoms with Crippen LogP contribution in [0, 0.1) is 0 Å². The normalized spacial score (nSPS) is 13.1. The minimum Gasteiger partial charge on any atom is -0.388 e. The SMILES string of the molecule is CCCCN(C)CCNC(=NCCC(O)c1ccccc1)NCC. The molecule has 0 aliphatic rings. The lowest BCUT2D eigenvalue weighted by Gasteiger charge is -2.18. The van der Waals surface area contributed by atoms with E-state index in [0.29, 0.717) is 13.0 Å². The molecule has 1 aromatic rings. The average Bonchev–Trinajstić information content (AvgIpc) is 2.60. The summed E-state index contributed by atoms with van der Waals surface area (Å²) in [7, 11) is 2.15. The monoisotopic (exact) mass is 334 g/mol. The molecule has 3 N–H and O–H groups in total. The molecule has 0 spiro atoms. The number of hydrogen-bond acceptors (Lipinski definition) is 3. The molecule has 0 aromatic heterocycles. The molecule has 0 amide bonds. The lowest BCUT2D eigenvalue weighted by Crippen LogP contribution is -2.41. The Labute approximate surface area is 147 Å². The van der Waals surface area contributed by atoms with Crippen molar-refractivity contribution in [2.24, 2.45) is 4.99 Å². The summed E-state index contributed by atoms with van der Waals surface area (Å²) in [5, 5.41) is 16.8. The van der Waals surface area contributed by atoms with Gasteiger partial charge in [0.2, 0.25) is 0 Å². The summed E-state index contributed by atoms with van der Waals surface area (Å²) in [6.07, 6.45) is 2.63. The molecular weight excluding hydrogens is 300 g/mol. The number of guanidine groups is 1. The van der Waals surface area contributed by atoms with Gasteiger partial charge in [-0.05, 0) is 38.9 Å². The Morgan fingerprint density at radius 3 is 2.58 bits per heavy atom. The van der Waals surface area contributed by atoms with Crippen molar-refractivity contribution in [1.82, 2.24) is 15.5 Å². The molecule has 0 heterocycles. The number of aliphatic hydroxyl groups is 1. The zero-order valence-electron chi connectivity index (χ0n) is 15.5. The van der Waals surface area contributed by atoms with E-state index >= 15 is 0 Å². The summed E-state index contributed by atoms with van der Waals surface area (Å²) in [4.78, 5) is 6.89. The molecule has 0 radical (unpaired) electrons. The van der Waals surface area contributed by atoms with Gasteiger partial charge in [-0.2, -0.15) is 0 Å². The van der Waals surface area contributed by atoms with Gasteiger partial charge >= 0.3 is 0 Å². The largest absolute Gasteiger partial charge is 0.388 e. The Bertz CT molecular complexity index is 450. The predicted molar refractivity (Wildman–Crippen MR) is 102 cm³/mol. The van der Waals surface area contributed by atoms with Crippen LogP contribution in [0.15, 0.2) is 35.3 Å². The Hall–Kier alpha value is -1.59. The van der Waals surface area contributed by atoms with Crippen molar-refractivity contribution in [3.05, 3.63) is 35.9 Å². The molecule has 1 aromatic carbocycles. The molecule has 0 bridgehead atoms. The molecule has 5 heteroatoms. The van der Waals surface area contributed by atoms with Crippen molar-refractivity contribution in [3.63, 3.8) is 0 Å². The fraction of sp³-hybridized carbons (Fsp3) is 0.632. The van der Waals surface area contributed by atoms with Crippen LogP contribution in [0.5, 0.6) is 0 Å². The van der Waals surface area contributed by atoms with Crippen LogP contribution < -0.4 is 10.6 Å². The first-order chi connectivity index (χ1) is 11.7. The molecule has 1 atom stereocenters. The Kier molecular flexibility index (Phi) is 10.9. The summed E-state index contributed by atoms with van der Waals surface area (Å²) in [6, 6.07) is 9.75. The predicted octanol–water partition coefficient (Wildman–Crippen LogP) is 2.40. The van der Waals surface area contributed by atoms with Gasteiger partial charge in [-0.25, -0.2) is 0 Å². The van der Waals surface area contributed by atoms with Gasteiger partial charge in [-0.15, -0.1) is 0 Å². The zero-order valence-corrected chi connectivity index (χ0v) is 15.5. The second-order valence-corrected chi connectivity index (χ2v) is 6.06. The van der Waals surface area contributed by atoms with E-state index in [2.05, 4.69) is 41.4 Å². The van der Waals surface area contributed by atoms with E-state index in [-0.39, 0.29) is 0 Å². The van der Waals surface area contributed by atoms with Gasteiger partial charge in [-0.3, -0.25) is 4.99 Å². The van der Waals surface area contributed by atoms with Crippen molar-refractivity contribution in [3.8, 4) is 0 Å². The maximum absolute atomic E-state index is 10.2. The van der Waals surface area contributed by atoms with Crippen molar-refractivity contribution in [2.75, 3.05) is 39.8 Å². The number of aliphatic imine (C=N–C) groups is 1. The smallest absolute Gasteiger partial charge is 0.191 e. The molecule has 0 aliphatic heterocycles. The average molecular weight is 335 g/mol. The van der Waals surface area contributed by atoms with Crippen LogP contribution in [0.25, 0.3) is 0 Å². The summed E-state index contributed by atoms with van der Waals surface area (Å²) in [5.74, 6) is 0.821. The summed E-state index contributed by atoms with van der Waals surface area (Å²) < 4.78 is 0. The van der Waals surface area contributed by atoms with Crippen LogP contribution in [-0.4, -0.2) is 55.7 Å². The highest BCUT2D eigenvalue weighted by atomic mass is 16.3. The van der Waals surface area contributed by atoms with Crippen LogP contribution >= 0.6 is 0 Å². The molecule has 1 unspecified atom stereocenters. The van der Waals surface area contributed by atoms with E-state index in [1.165, 1.54) is 12.8 Å². The van der Waals surface area contributed by atoms with Gasteiger partial charge < -0.3 is 20.6 Å². The molecule has 136 valence electrons. The minimum atomic E-state index is -0.460. The van der Waals surface area contributed by atoms with Crippen LogP contribution in [0.2, 0.25) is 0 Å². The number of benzene rings is 1. The van der Waals surface area contributed by atoms with E-state index in [0.717, 1.165) is 37.7 Å². The van der Waals surface area contributed by atoms with Crippen LogP contribution in [0.4, 0.5) is 0 Å². The first-order valence-electron chi connectivity index (χ1n) is 9.11. The van der Waals surface area contributed by atoms with E-state index in [1.54, 1.807) is 0 Å². The maximum Gasteiger partial charge on any atom is 0.191 e. The summed E-state index contributed by atoms with van der Waals surface area (Å²) in [6.45, 7) is 8.70. The second kappa shape index (κ2) is 12.8. The number of nitrogens with zero attached hydrogens (tertiary/aromatic N) is 2. The van der Waals surface area contributed by atoms with E-state index in [9.17, 15) is 5.11 Å². The third-order valence-electron chi connectivity index (χ3n) is 3.88. The quantitative estimate of drug-likeness (QED) is 0.430. The third kappa shape index (κ3) is 8.89. The first kappa shape index (κ1) is 20.5. The topological polar surface area (TPSA) is 59.9 Å². The minimum absolute atomic E-state index is 0.460. The van der Waals surface area contributed by atoms with Crippen molar-refractivity contribution in [2.45, 2.75) is 39.2 Å². The van der Waals surface area contributed by atoms with Crippen LogP contribution in [0.3, 0.4) is 0 Å². The maximum atomic E-state index is 10.2. The third-order valence-corrected chi connectivity index (χ3v) is 3.88. The molecule has 1 rings (SSSR count). The number of nitrogens with one attached hydrogen (secondary N) is 2. The van der Waals surface area contributed by atoms with Crippen LogP contribution in [-0.2, 0) is 0 Å². The number of hydrogen-bond donors (Lipinski definition) is 3. The fourth-order valence-electron chi connectivity index (χ4n) is 2.39. The van der Waals surface area contributed by atoms with E-state index in [4.69, 9.17) is 0 Å². The molecule has 24 heavy (non-hydrogen) atoms. The molecule has 5 nitrogen and oxygen atoms in total. The van der Waals surface area contributed by atoms with Gasteiger partial charge in [0.25, 0.3) is 0 Å². The lowest BCUT2D eigenvalue weighted by atomic mass is 10.1. The molecular formula is C19H34N4O. The zero-order chi connectivity index (χ0) is 17.6. The number of unbranched alkanes of at least 4 members (excludes halogenated alkanes) is 1. The van der Waals surface area contributed by atoms with Gasteiger partial charge in [-0.1, -0.05) is 43.7 Å². The Morgan fingerprint density at radius 2 is 1.92 bits per heavy atom. The lowest BCUT2D eigenvalue weighted by molar-refractivity contribution is 0.170. The highest BCUT2D eigenvalue weighted by Crippen LogP contribution is 2.15. The summed E-state index contributed by atoms with van der Waals surface area (Å²) >= 11 is 0. The van der Waals surface area contributed by atoms with E-state index < -0.39 is 6.10 Å². The number of rotatable bonds is 11. The Balaban J connectivity index is 2.34. The first-order valence-corrected chi connectivity index (χ1v) is 9.11. The fourth-order valence-corrected chi connectivity index (χ4v) is 2.39. The van der Waals surface area contributed by atoms with Crippen molar-refractivity contribution >= 4 is 5.96 Å². The summed E-state index contributed by atoms with van der Waals surface area (Å²) in [5.41, 5.74) is 0.947. The van der Waals surface area contributed by atoms with Crippen LogP contribution in [0.1, 0.15) is 44.8 Å². The Morgan fingerprint density at radius 1 is 1.17 bits per heavy atom. The van der Waals surface area contributed by atoms with Gasteiger partial charge in [0.15, 0.2) is 5.96 Å².